The first-order chi connectivity index (χ1) is 8.56. The molecule has 1 aromatic carbocycles. The molecule has 4 nitrogen and oxygen atoms in total. The Morgan fingerprint density at radius 2 is 2.22 bits per heavy atom. The molecule has 0 aromatic heterocycles. The van der Waals surface area contributed by atoms with Crippen LogP contribution in [0.3, 0.4) is 0 Å². The van der Waals surface area contributed by atoms with E-state index in [1.54, 1.807) is 0 Å². The van der Waals surface area contributed by atoms with E-state index < -0.39 is 0 Å². The van der Waals surface area contributed by atoms with Gasteiger partial charge in [0.25, 0.3) is 0 Å². The second kappa shape index (κ2) is 5.35. The number of nitrogens with zero attached hydrogens (tertiary/aromatic N) is 1. The maximum absolute atomic E-state index is 11.3. The summed E-state index contributed by atoms with van der Waals surface area (Å²) < 4.78 is 0. The summed E-state index contributed by atoms with van der Waals surface area (Å²) in [4.78, 5) is 13.2. The van der Waals surface area contributed by atoms with Gasteiger partial charge in [-0.25, -0.2) is 0 Å². The van der Waals surface area contributed by atoms with Crippen molar-refractivity contribution < 1.29 is 4.79 Å². The smallest absolute Gasteiger partial charge is 0.239 e. The predicted octanol–water partition coefficient (Wildman–Crippen LogP) is 1.43. The molecule has 0 aliphatic carbocycles. The number of benzene rings is 1. The molecule has 1 aromatic rings. The van der Waals surface area contributed by atoms with Crippen LogP contribution in [0.5, 0.6) is 0 Å². The molecular weight excluding hydrogens is 246 g/mol. The molecule has 0 unspecified atom stereocenters. The molecular formula is C13H17N3OS. The van der Waals surface area contributed by atoms with E-state index in [1.165, 1.54) is 5.56 Å². The number of thiocarbonyl (C=S) groups is 1. The van der Waals surface area contributed by atoms with Gasteiger partial charge in [-0.15, -0.1) is 0 Å². The Balaban J connectivity index is 2.06. The minimum atomic E-state index is 0.0198. The second-order valence-corrected chi connectivity index (χ2v) is 4.91. The Kier molecular flexibility index (Phi) is 3.81. The lowest BCUT2D eigenvalue weighted by Crippen LogP contribution is -2.51. The molecule has 2 N–H and O–H groups in total. The lowest BCUT2D eigenvalue weighted by molar-refractivity contribution is -0.122. The highest BCUT2D eigenvalue weighted by molar-refractivity contribution is 7.80. The molecule has 1 aliphatic heterocycles. The van der Waals surface area contributed by atoms with Crippen molar-refractivity contribution >= 4 is 28.9 Å². The molecule has 2 rings (SSSR count). The SMILES string of the molecule is Cc1ccc(C)c(NC(=S)N2CCNC(=O)C2)c1. The molecule has 0 radical (unpaired) electrons. The predicted molar refractivity (Wildman–Crippen MR) is 76.7 cm³/mol. The number of rotatable bonds is 1. The first-order valence-corrected chi connectivity index (χ1v) is 6.37. The van der Waals surface area contributed by atoms with Crippen molar-refractivity contribution in [2.45, 2.75) is 13.8 Å². The summed E-state index contributed by atoms with van der Waals surface area (Å²) in [7, 11) is 0. The van der Waals surface area contributed by atoms with E-state index in [0.29, 0.717) is 18.2 Å². The van der Waals surface area contributed by atoms with Crippen LogP contribution in [0, 0.1) is 13.8 Å². The minimum absolute atomic E-state index is 0.0198. The van der Waals surface area contributed by atoms with Crippen molar-refractivity contribution in [1.29, 1.82) is 0 Å². The van der Waals surface area contributed by atoms with Crippen molar-refractivity contribution in [2.75, 3.05) is 25.0 Å². The van der Waals surface area contributed by atoms with E-state index >= 15 is 0 Å². The van der Waals surface area contributed by atoms with Crippen molar-refractivity contribution in [1.82, 2.24) is 10.2 Å². The van der Waals surface area contributed by atoms with Crippen LogP contribution in [0.1, 0.15) is 11.1 Å². The second-order valence-electron chi connectivity index (χ2n) is 4.52. The number of carbonyl (C=O) groups excluding carboxylic acids is 1. The van der Waals surface area contributed by atoms with Crippen LogP contribution in [-0.2, 0) is 4.79 Å². The van der Waals surface area contributed by atoms with E-state index in [4.69, 9.17) is 12.2 Å². The van der Waals surface area contributed by atoms with E-state index in [2.05, 4.69) is 28.8 Å². The number of carbonyl (C=O) groups is 1. The van der Waals surface area contributed by atoms with Gasteiger partial charge in [0.1, 0.15) is 0 Å². The fourth-order valence-corrected chi connectivity index (χ4v) is 2.14. The zero-order valence-corrected chi connectivity index (χ0v) is 11.4. The topological polar surface area (TPSA) is 44.4 Å². The first kappa shape index (κ1) is 12.8. The number of piperazine rings is 1. The van der Waals surface area contributed by atoms with Crippen LogP contribution in [0.2, 0.25) is 0 Å². The first-order valence-electron chi connectivity index (χ1n) is 5.96. The molecule has 0 saturated carbocycles. The van der Waals surface area contributed by atoms with Crippen molar-refractivity contribution in [3.63, 3.8) is 0 Å². The standard InChI is InChI=1S/C13H17N3OS/c1-9-3-4-10(2)11(7-9)15-13(18)16-6-5-14-12(17)8-16/h3-4,7H,5-6,8H2,1-2H3,(H,14,17)(H,15,18). The fraction of sp³-hybridized carbons (Fsp3) is 0.385. The average Bonchev–Trinajstić information content (AvgIpc) is 2.34. The Morgan fingerprint density at radius 3 is 2.94 bits per heavy atom. The third-order valence-electron chi connectivity index (χ3n) is 2.96. The largest absolute Gasteiger partial charge is 0.353 e. The van der Waals surface area contributed by atoms with Crippen LogP contribution < -0.4 is 10.6 Å². The molecule has 1 amide bonds. The van der Waals surface area contributed by atoms with Crippen LogP contribution >= 0.6 is 12.2 Å². The third-order valence-corrected chi connectivity index (χ3v) is 3.32. The van der Waals surface area contributed by atoms with Gasteiger partial charge < -0.3 is 15.5 Å². The van der Waals surface area contributed by atoms with Crippen LogP contribution in [0.25, 0.3) is 0 Å². The molecule has 0 spiro atoms. The molecule has 5 heteroatoms. The Bertz CT molecular complexity index is 487. The summed E-state index contributed by atoms with van der Waals surface area (Å²) in [6.07, 6.45) is 0. The van der Waals surface area contributed by atoms with Crippen molar-refractivity contribution in [3.8, 4) is 0 Å². The number of hydrogen-bond acceptors (Lipinski definition) is 2. The summed E-state index contributed by atoms with van der Waals surface area (Å²) in [5, 5.41) is 6.61. The zero-order chi connectivity index (χ0) is 13.1. The van der Waals surface area contributed by atoms with Gasteiger partial charge in [-0.05, 0) is 43.3 Å². The maximum atomic E-state index is 11.3. The van der Waals surface area contributed by atoms with Gasteiger partial charge >= 0.3 is 0 Å². The Labute approximate surface area is 112 Å². The molecule has 1 aliphatic rings. The monoisotopic (exact) mass is 263 g/mol. The molecule has 18 heavy (non-hydrogen) atoms. The molecule has 1 heterocycles. The van der Waals surface area contributed by atoms with Gasteiger partial charge in [0.2, 0.25) is 5.91 Å². The summed E-state index contributed by atoms with van der Waals surface area (Å²) in [5.74, 6) is 0.0198. The van der Waals surface area contributed by atoms with Gasteiger partial charge in [0, 0.05) is 18.8 Å². The highest BCUT2D eigenvalue weighted by atomic mass is 32.1. The van der Waals surface area contributed by atoms with Crippen LogP contribution in [0.15, 0.2) is 18.2 Å². The molecule has 1 fully saturated rings. The number of amides is 1. The number of aryl methyl sites for hydroxylation is 2. The summed E-state index contributed by atoms with van der Waals surface area (Å²) in [6, 6.07) is 6.19. The molecule has 96 valence electrons. The zero-order valence-electron chi connectivity index (χ0n) is 10.6. The molecule has 0 atom stereocenters. The minimum Gasteiger partial charge on any atom is -0.353 e. The van der Waals surface area contributed by atoms with Crippen molar-refractivity contribution in [2.24, 2.45) is 0 Å². The van der Waals surface area contributed by atoms with Crippen LogP contribution in [-0.4, -0.2) is 35.6 Å². The third kappa shape index (κ3) is 2.98. The average molecular weight is 263 g/mol. The van der Waals surface area contributed by atoms with Gasteiger partial charge in [-0.2, -0.15) is 0 Å². The van der Waals surface area contributed by atoms with E-state index in [1.807, 2.05) is 18.7 Å². The Morgan fingerprint density at radius 1 is 1.44 bits per heavy atom. The van der Waals surface area contributed by atoms with E-state index in [9.17, 15) is 4.79 Å². The lowest BCUT2D eigenvalue weighted by Gasteiger charge is -2.29. The number of nitrogens with one attached hydrogen (secondary N) is 2. The quantitative estimate of drug-likeness (QED) is 0.752. The number of anilines is 1. The fourth-order valence-electron chi connectivity index (χ4n) is 1.88. The maximum Gasteiger partial charge on any atom is 0.239 e. The van der Waals surface area contributed by atoms with E-state index in [0.717, 1.165) is 17.8 Å². The van der Waals surface area contributed by atoms with Gasteiger partial charge in [-0.1, -0.05) is 12.1 Å². The lowest BCUT2D eigenvalue weighted by atomic mass is 10.1. The van der Waals surface area contributed by atoms with E-state index in [-0.39, 0.29) is 5.91 Å². The normalized spacial score (nSPS) is 15.2. The van der Waals surface area contributed by atoms with Crippen molar-refractivity contribution in [3.05, 3.63) is 29.3 Å². The summed E-state index contributed by atoms with van der Waals surface area (Å²) >= 11 is 5.35. The molecule has 0 bridgehead atoms. The highest BCUT2D eigenvalue weighted by Gasteiger charge is 2.18. The van der Waals surface area contributed by atoms with Gasteiger partial charge in [0.15, 0.2) is 5.11 Å². The highest BCUT2D eigenvalue weighted by Crippen LogP contribution is 2.17. The Hall–Kier alpha value is -1.62. The summed E-state index contributed by atoms with van der Waals surface area (Å²) in [6.45, 7) is 5.81. The van der Waals surface area contributed by atoms with Gasteiger partial charge in [-0.3, -0.25) is 4.79 Å². The number of hydrogen-bond donors (Lipinski definition) is 2. The summed E-state index contributed by atoms with van der Waals surface area (Å²) in [5.41, 5.74) is 3.33. The van der Waals surface area contributed by atoms with Crippen LogP contribution in [0.4, 0.5) is 5.69 Å². The molecule has 1 saturated heterocycles. The van der Waals surface area contributed by atoms with Gasteiger partial charge in [0.05, 0.1) is 6.54 Å².